The first-order valence-electron chi connectivity index (χ1n) is 2.00. The Labute approximate surface area is 57.2 Å². The highest BCUT2D eigenvalue weighted by Gasteiger charge is 2.21. The van der Waals surface area contributed by atoms with Crippen LogP contribution in [0.4, 0.5) is 4.79 Å². The lowest BCUT2D eigenvalue weighted by Crippen LogP contribution is -2.41. The van der Waals surface area contributed by atoms with Gasteiger partial charge in [0.05, 0.1) is 7.11 Å². The van der Waals surface area contributed by atoms with Crippen LogP contribution in [0.3, 0.4) is 0 Å². The maximum Gasteiger partial charge on any atom is 0.440 e. The molecule has 10 heavy (non-hydrogen) atoms. The lowest BCUT2D eigenvalue weighted by atomic mass is 11.2. The summed E-state index contributed by atoms with van der Waals surface area (Å²) in [5.74, 6) is 4.53. The number of nitrogens with zero attached hydrogens (tertiary/aromatic N) is 1. The molecule has 0 aliphatic rings. The zero-order chi connectivity index (χ0) is 8.36. The third-order valence-electron chi connectivity index (χ3n) is 0.603. The van der Waals surface area contributed by atoms with Gasteiger partial charge in [0.2, 0.25) is 0 Å². The normalized spacial score (nSPS) is 10.7. The molecule has 8 heteroatoms. The van der Waals surface area contributed by atoms with E-state index in [0.717, 1.165) is 7.11 Å². The minimum absolute atomic E-state index is 0.424. The van der Waals surface area contributed by atoms with Crippen LogP contribution in [0.1, 0.15) is 0 Å². The summed E-state index contributed by atoms with van der Waals surface area (Å²) in [4.78, 5) is 10.2. The van der Waals surface area contributed by atoms with E-state index in [1.54, 1.807) is 0 Å². The Morgan fingerprint density at radius 3 is 2.20 bits per heavy atom. The molecular weight excluding hydrogens is 164 g/mol. The van der Waals surface area contributed by atoms with Crippen LogP contribution in [0.25, 0.3) is 0 Å². The third-order valence-corrected chi connectivity index (χ3v) is 1.25. The molecule has 0 radical (unpaired) electrons. The molecule has 0 bridgehead atoms. The van der Waals surface area contributed by atoms with E-state index in [1.807, 2.05) is 0 Å². The fourth-order valence-corrected chi connectivity index (χ4v) is 0.447. The molecule has 0 fully saturated rings. The van der Waals surface area contributed by atoms with Gasteiger partial charge in [-0.15, -0.1) is 4.41 Å². The monoisotopic (exact) mass is 170 g/mol. The standard InChI is InChI=1S/C2H6N2O5S/c1-9-2(5)4(3)10(6,7)8/h3H2,1H3,(H,6,7,8). The summed E-state index contributed by atoms with van der Waals surface area (Å²) >= 11 is 0. The summed E-state index contributed by atoms with van der Waals surface area (Å²) in [5.41, 5.74) is 0. The molecule has 0 unspecified atom stereocenters. The van der Waals surface area contributed by atoms with Crippen LogP contribution in [0.2, 0.25) is 0 Å². The average Bonchev–Trinajstić information content (AvgIpc) is 1.83. The van der Waals surface area contributed by atoms with Crippen molar-refractivity contribution < 1.29 is 22.5 Å². The van der Waals surface area contributed by atoms with E-state index in [2.05, 4.69) is 10.6 Å². The maximum atomic E-state index is 10.2. The fraction of sp³-hybridized carbons (Fsp3) is 0.500. The first kappa shape index (κ1) is 9.14. The fourth-order valence-electron chi connectivity index (χ4n) is 0.184. The van der Waals surface area contributed by atoms with Gasteiger partial charge in [0, 0.05) is 0 Å². The second-order valence-electron chi connectivity index (χ2n) is 1.24. The second-order valence-corrected chi connectivity index (χ2v) is 2.53. The first-order valence-corrected chi connectivity index (χ1v) is 3.39. The van der Waals surface area contributed by atoms with Crippen molar-refractivity contribution in [2.45, 2.75) is 0 Å². The molecule has 0 heterocycles. The molecule has 60 valence electrons. The van der Waals surface area contributed by atoms with E-state index in [1.165, 1.54) is 0 Å². The molecular formula is C2H6N2O5S. The SMILES string of the molecule is COC(=O)N(N)S(=O)(=O)O. The second kappa shape index (κ2) is 2.82. The molecule has 0 aliphatic heterocycles. The number of amides is 1. The van der Waals surface area contributed by atoms with Crippen LogP contribution >= 0.6 is 0 Å². The number of nitrogens with two attached hydrogens (primary N) is 1. The molecule has 0 spiro atoms. The molecule has 3 N–H and O–H groups in total. The lowest BCUT2D eigenvalue weighted by molar-refractivity contribution is 0.146. The van der Waals surface area contributed by atoms with Gasteiger partial charge in [-0.25, -0.2) is 10.6 Å². The highest BCUT2D eigenvalue weighted by atomic mass is 32.2. The number of hydrazine groups is 1. The molecule has 0 saturated heterocycles. The van der Waals surface area contributed by atoms with Crippen molar-refractivity contribution in [3.8, 4) is 0 Å². The number of hydrogen-bond acceptors (Lipinski definition) is 5. The number of rotatable bonds is 1. The number of hydrogen-bond donors (Lipinski definition) is 2. The Balaban J connectivity index is 4.39. The summed E-state index contributed by atoms with van der Waals surface area (Å²) < 4.78 is 31.5. The maximum absolute atomic E-state index is 10.2. The van der Waals surface area contributed by atoms with Gasteiger partial charge in [-0.1, -0.05) is 0 Å². The zero-order valence-electron chi connectivity index (χ0n) is 5.01. The van der Waals surface area contributed by atoms with Crippen molar-refractivity contribution >= 4 is 16.4 Å². The molecule has 0 aromatic carbocycles. The van der Waals surface area contributed by atoms with Gasteiger partial charge in [0.15, 0.2) is 0 Å². The Bertz CT molecular complexity index is 220. The van der Waals surface area contributed by atoms with E-state index in [4.69, 9.17) is 4.55 Å². The van der Waals surface area contributed by atoms with E-state index < -0.39 is 20.8 Å². The highest BCUT2D eigenvalue weighted by Crippen LogP contribution is 1.90. The topological polar surface area (TPSA) is 110 Å². The van der Waals surface area contributed by atoms with Crippen LogP contribution < -0.4 is 5.84 Å². The van der Waals surface area contributed by atoms with Crippen LogP contribution in [0.15, 0.2) is 0 Å². The zero-order valence-corrected chi connectivity index (χ0v) is 5.83. The van der Waals surface area contributed by atoms with Gasteiger partial charge in [0.25, 0.3) is 0 Å². The predicted octanol–water partition coefficient (Wildman–Crippen LogP) is -1.27. The number of methoxy groups -OCH3 is 1. The summed E-state index contributed by atoms with van der Waals surface area (Å²) in [7, 11) is -3.75. The molecule has 0 rings (SSSR count). The minimum Gasteiger partial charge on any atom is -0.451 e. The molecule has 7 nitrogen and oxygen atoms in total. The van der Waals surface area contributed by atoms with Gasteiger partial charge >= 0.3 is 16.4 Å². The lowest BCUT2D eigenvalue weighted by Gasteiger charge is -2.08. The Morgan fingerprint density at radius 1 is 1.70 bits per heavy atom. The van der Waals surface area contributed by atoms with Crippen molar-refractivity contribution in [2.24, 2.45) is 5.84 Å². The van der Waals surface area contributed by atoms with E-state index in [0.29, 0.717) is 0 Å². The van der Waals surface area contributed by atoms with E-state index in [9.17, 15) is 13.2 Å². The van der Waals surface area contributed by atoms with Gasteiger partial charge < -0.3 is 4.74 Å². The van der Waals surface area contributed by atoms with Crippen molar-refractivity contribution in [1.82, 2.24) is 4.41 Å². The molecule has 0 aliphatic carbocycles. The Hall–Kier alpha value is -0.860. The van der Waals surface area contributed by atoms with Crippen LogP contribution in [-0.2, 0) is 15.0 Å². The van der Waals surface area contributed by atoms with Crippen molar-refractivity contribution in [3.05, 3.63) is 0 Å². The third kappa shape index (κ3) is 2.17. The summed E-state index contributed by atoms with van der Waals surface area (Å²) in [6.45, 7) is 0. The van der Waals surface area contributed by atoms with Crippen molar-refractivity contribution in [3.63, 3.8) is 0 Å². The Morgan fingerprint density at radius 2 is 2.10 bits per heavy atom. The molecule has 0 aromatic rings. The minimum atomic E-state index is -4.68. The number of ether oxygens (including phenoxy) is 1. The predicted molar refractivity (Wildman–Crippen MR) is 30.0 cm³/mol. The van der Waals surface area contributed by atoms with Crippen molar-refractivity contribution in [1.29, 1.82) is 0 Å². The highest BCUT2D eigenvalue weighted by molar-refractivity contribution is 7.83. The summed E-state index contributed by atoms with van der Waals surface area (Å²) in [5, 5.41) is 0. The number of carbonyl (C=O) groups excluding carboxylic acids is 1. The molecule has 0 aromatic heterocycles. The van der Waals surface area contributed by atoms with Gasteiger partial charge in [0.1, 0.15) is 0 Å². The van der Waals surface area contributed by atoms with E-state index >= 15 is 0 Å². The van der Waals surface area contributed by atoms with Crippen molar-refractivity contribution in [2.75, 3.05) is 7.11 Å². The van der Waals surface area contributed by atoms with Crippen LogP contribution in [0, 0.1) is 0 Å². The average molecular weight is 170 g/mol. The molecule has 0 saturated carbocycles. The summed E-state index contributed by atoms with van der Waals surface area (Å²) in [6, 6.07) is 0. The van der Waals surface area contributed by atoms with E-state index in [-0.39, 0.29) is 0 Å². The first-order chi connectivity index (χ1) is 4.39. The van der Waals surface area contributed by atoms with Gasteiger partial charge in [-0.2, -0.15) is 8.42 Å². The summed E-state index contributed by atoms with van der Waals surface area (Å²) in [6.07, 6.45) is -1.36. The van der Waals surface area contributed by atoms with Crippen LogP contribution in [-0.4, -0.2) is 30.6 Å². The van der Waals surface area contributed by atoms with Gasteiger partial charge in [-0.3, -0.25) is 4.55 Å². The quantitative estimate of drug-likeness (QED) is 0.220. The molecule has 1 amide bonds. The number of carbonyl (C=O) groups is 1. The smallest absolute Gasteiger partial charge is 0.440 e. The van der Waals surface area contributed by atoms with Crippen LogP contribution in [0.5, 0.6) is 0 Å². The largest absolute Gasteiger partial charge is 0.451 e. The molecule has 0 atom stereocenters. The van der Waals surface area contributed by atoms with Gasteiger partial charge in [-0.05, 0) is 0 Å². The Kier molecular flexibility index (Phi) is 2.57.